The van der Waals surface area contributed by atoms with Gasteiger partial charge in [-0.3, -0.25) is 10.1 Å². The van der Waals surface area contributed by atoms with Crippen LogP contribution in [-0.4, -0.2) is 73.2 Å². The van der Waals surface area contributed by atoms with Crippen LogP contribution in [0.3, 0.4) is 0 Å². The number of benzene rings is 1. The fraction of sp³-hybridized carbons (Fsp3) is 0.333. The van der Waals surface area contributed by atoms with Crippen LogP contribution in [0, 0.1) is 6.92 Å². The number of hydrogen-bond donors (Lipinski definition) is 2. The smallest absolute Gasteiger partial charge is 0.323 e. The Kier molecular flexibility index (Phi) is 7.89. The Morgan fingerprint density at radius 3 is 2.78 bits per heavy atom. The predicted molar refractivity (Wildman–Crippen MR) is 131 cm³/mol. The molecular weight excluding hydrogens is 448 g/mol. The number of hydrogen-bond acceptors (Lipinski definition) is 8. The molecular formula is C21H26N6O3S2. The Bertz CT molecular complexity index is 1060. The van der Waals surface area contributed by atoms with Gasteiger partial charge in [0.2, 0.25) is 0 Å². The van der Waals surface area contributed by atoms with E-state index in [4.69, 9.17) is 4.74 Å². The number of urea groups is 1. The average molecular weight is 475 g/mol. The van der Waals surface area contributed by atoms with Gasteiger partial charge in [0.1, 0.15) is 12.4 Å². The molecule has 0 saturated carbocycles. The highest BCUT2D eigenvalue weighted by Gasteiger charge is 2.24. The molecule has 1 saturated heterocycles. The van der Waals surface area contributed by atoms with Crippen molar-refractivity contribution in [1.82, 2.24) is 20.1 Å². The predicted octanol–water partition coefficient (Wildman–Crippen LogP) is 3.38. The Hall–Kier alpha value is -2.89. The zero-order valence-corrected chi connectivity index (χ0v) is 20.3. The molecule has 0 atom stereocenters. The molecule has 2 aromatic rings. The van der Waals surface area contributed by atoms with Crippen molar-refractivity contribution in [3.63, 3.8) is 0 Å². The van der Waals surface area contributed by atoms with E-state index in [-0.39, 0.29) is 11.9 Å². The zero-order chi connectivity index (χ0) is 23.3. The van der Waals surface area contributed by atoms with E-state index in [2.05, 4.69) is 25.5 Å². The number of nitrogens with one attached hydrogen (secondary N) is 2. The van der Waals surface area contributed by atoms with Gasteiger partial charge in [0, 0.05) is 26.8 Å². The molecule has 2 N–H and O–H groups in total. The maximum absolute atomic E-state index is 12.4. The highest BCUT2D eigenvalue weighted by atomic mass is 32.2. The van der Waals surface area contributed by atoms with Crippen molar-refractivity contribution in [2.24, 2.45) is 4.99 Å². The van der Waals surface area contributed by atoms with Crippen LogP contribution in [-0.2, 0) is 4.79 Å². The fourth-order valence-corrected chi connectivity index (χ4v) is 4.17. The number of thioether (sulfide) groups is 1. The zero-order valence-electron chi connectivity index (χ0n) is 18.6. The van der Waals surface area contributed by atoms with E-state index in [1.165, 1.54) is 28.0 Å². The topological polar surface area (TPSA) is 99.2 Å². The third-order valence-electron chi connectivity index (χ3n) is 4.27. The highest BCUT2D eigenvalue weighted by Crippen LogP contribution is 2.31. The molecule has 1 aromatic carbocycles. The summed E-state index contributed by atoms with van der Waals surface area (Å²) in [6, 6.07) is 5.44. The molecule has 0 bridgehead atoms. The molecule has 11 heteroatoms. The van der Waals surface area contributed by atoms with E-state index in [9.17, 15) is 9.59 Å². The van der Waals surface area contributed by atoms with Crippen LogP contribution in [0.2, 0.25) is 0 Å². The van der Waals surface area contributed by atoms with Gasteiger partial charge in [-0.25, -0.2) is 14.8 Å². The summed E-state index contributed by atoms with van der Waals surface area (Å²) >= 11 is 2.55. The lowest BCUT2D eigenvalue weighted by atomic mass is 10.2. The van der Waals surface area contributed by atoms with E-state index in [1.807, 2.05) is 39.2 Å². The molecule has 170 valence electrons. The van der Waals surface area contributed by atoms with Crippen LogP contribution in [0.15, 0.2) is 34.3 Å². The van der Waals surface area contributed by atoms with Gasteiger partial charge in [0.25, 0.3) is 5.91 Å². The lowest BCUT2D eigenvalue weighted by Gasteiger charge is -2.12. The summed E-state index contributed by atoms with van der Waals surface area (Å²) in [5, 5.41) is 6.46. The number of aromatic nitrogens is 1. The summed E-state index contributed by atoms with van der Waals surface area (Å²) in [4.78, 5) is 37.6. The number of aliphatic imine (C=N–C) groups is 1. The van der Waals surface area contributed by atoms with E-state index in [1.54, 1.807) is 26.4 Å². The van der Waals surface area contributed by atoms with Crippen molar-refractivity contribution in [3.8, 4) is 5.75 Å². The first-order chi connectivity index (χ1) is 15.2. The number of amides is 3. The van der Waals surface area contributed by atoms with E-state index < -0.39 is 0 Å². The average Bonchev–Trinajstić information content (AvgIpc) is 3.30. The molecule has 3 amide bonds. The molecule has 1 aliphatic rings. The number of nitrogens with zero attached hydrogens (tertiary/aromatic N) is 4. The summed E-state index contributed by atoms with van der Waals surface area (Å²) in [5.41, 5.74) is 1.72. The summed E-state index contributed by atoms with van der Waals surface area (Å²) < 4.78 is 5.75. The van der Waals surface area contributed by atoms with Crippen molar-refractivity contribution < 1.29 is 14.3 Å². The van der Waals surface area contributed by atoms with Gasteiger partial charge >= 0.3 is 6.03 Å². The van der Waals surface area contributed by atoms with Crippen LogP contribution in [0.4, 0.5) is 15.6 Å². The van der Waals surface area contributed by atoms with Crippen LogP contribution in [0.25, 0.3) is 6.08 Å². The second-order valence-electron chi connectivity index (χ2n) is 7.47. The monoisotopic (exact) mass is 474 g/mol. The summed E-state index contributed by atoms with van der Waals surface area (Å²) in [6.45, 7) is 3.40. The van der Waals surface area contributed by atoms with E-state index in [0.717, 1.165) is 28.4 Å². The van der Waals surface area contributed by atoms with Crippen molar-refractivity contribution in [2.75, 3.05) is 46.7 Å². The molecule has 1 fully saturated rings. The van der Waals surface area contributed by atoms with Crippen molar-refractivity contribution >= 4 is 57.1 Å². The number of anilines is 1. The number of aryl methyl sites for hydroxylation is 1. The molecule has 0 aliphatic carbocycles. The maximum Gasteiger partial charge on any atom is 0.323 e. The van der Waals surface area contributed by atoms with Crippen molar-refractivity contribution in [2.45, 2.75) is 6.92 Å². The van der Waals surface area contributed by atoms with Gasteiger partial charge in [0.15, 0.2) is 10.3 Å². The molecule has 9 nitrogen and oxygen atoms in total. The number of amidine groups is 1. The number of carbonyl (C=O) groups is 2. The molecule has 0 radical (unpaired) electrons. The minimum atomic E-state index is -0.259. The molecule has 1 aromatic heterocycles. The molecule has 32 heavy (non-hydrogen) atoms. The van der Waals surface area contributed by atoms with E-state index >= 15 is 0 Å². The van der Waals surface area contributed by atoms with Gasteiger partial charge in [-0.05, 0) is 62.6 Å². The van der Waals surface area contributed by atoms with Crippen molar-refractivity contribution in [1.29, 1.82) is 0 Å². The molecule has 1 aliphatic heterocycles. The van der Waals surface area contributed by atoms with Crippen LogP contribution in [0.1, 0.15) is 10.4 Å². The van der Waals surface area contributed by atoms with E-state index in [0.29, 0.717) is 21.8 Å². The second-order valence-corrected chi connectivity index (χ2v) is 9.57. The third kappa shape index (κ3) is 6.55. The minimum absolute atomic E-state index is 0.220. The Labute approximate surface area is 195 Å². The highest BCUT2D eigenvalue weighted by molar-refractivity contribution is 8.18. The Balaban J connectivity index is 1.66. The molecule has 2 heterocycles. The number of rotatable bonds is 7. The van der Waals surface area contributed by atoms with Crippen molar-refractivity contribution in [3.05, 3.63) is 39.7 Å². The molecule has 3 rings (SSSR count). The summed E-state index contributed by atoms with van der Waals surface area (Å²) in [7, 11) is 7.31. The molecule has 0 spiro atoms. The van der Waals surface area contributed by atoms with Gasteiger partial charge in [0.05, 0.1) is 15.5 Å². The normalized spacial score (nSPS) is 16.0. The lowest BCUT2D eigenvalue weighted by molar-refractivity contribution is -0.115. The van der Waals surface area contributed by atoms with Gasteiger partial charge in [-0.1, -0.05) is 11.3 Å². The van der Waals surface area contributed by atoms with Crippen LogP contribution >= 0.6 is 23.1 Å². The quantitative estimate of drug-likeness (QED) is 0.597. The SMILES string of the molecule is Cc1cc(OCCN(C)C)ccc1N=C1NC(=O)C(=Cc2cnc(NC(=O)N(C)C)s2)S1. The lowest BCUT2D eigenvalue weighted by Crippen LogP contribution is -2.27. The first-order valence-corrected chi connectivity index (χ1v) is 11.5. The van der Waals surface area contributed by atoms with Gasteiger partial charge in [-0.2, -0.15) is 0 Å². The first kappa shape index (κ1) is 23.8. The van der Waals surface area contributed by atoms with Crippen LogP contribution in [0.5, 0.6) is 5.75 Å². The van der Waals surface area contributed by atoms with Crippen LogP contribution < -0.4 is 15.4 Å². The largest absolute Gasteiger partial charge is 0.492 e. The fourth-order valence-electron chi connectivity index (χ4n) is 2.52. The first-order valence-electron chi connectivity index (χ1n) is 9.83. The molecule has 0 unspecified atom stereocenters. The summed E-state index contributed by atoms with van der Waals surface area (Å²) in [5.74, 6) is 0.571. The van der Waals surface area contributed by atoms with Gasteiger partial charge < -0.3 is 19.9 Å². The number of thiazole rings is 1. The third-order valence-corrected chi connectivity index (χ3v) is 6.03. The Morgan fingerprint density at radius 2 is 2.09 bits per heavy atom. The number of ether oxygens (including phenoxy) is 1. The maximum atomic E-state index is 12.4. The second kappa shape index (κ2) is 10.6. The minimum Gasteiger partial charge on any atom is -0.492 e. The number of carbonyl (C=O) groups excluding carboxylic acids is 2. The van der Waals surface area contributed by atoms with Gasteiger partial charge in [-0.15, -0.1) is 0 Å². The number of likely N-dealkylation sites (N-methyl/N-ethyl adjacent to an activating group) is 1. The Morgan fingerprint density at radius 1 is 1.31 bits per heavy atom. The summed E-state index contributed by atoms with van der Waals surface area (Å²) in [6.07, 6.45) is 3.35. The standard InChI is InChI=1S/C21H26N6O3S2/c1-13-10-14(30-9-8-26(2)3)6-7-16(13)23-20-24-18(28)17(32-20)11-15-12-22-19(31-15)25-21(29)27(4)5/h6-7,10-12H,8-9H2,1-5H3,(H,22,25,29)(H,23,24,28).